The van der Waals surface area contributed by atoms with E-state index in [9.17, 15) is 0 Å². The van der Waals surface area contributed by atoms with Crippen molar-refractivity contribution < 1.29 is 9.47 Å². The van der Waals surface area contributed by atoms with E-state index in [1.807, 2.05) is 32.0 Å². The molecule has 2 heteroatoms. The van der Waals surface area contributed by atoms with Crippen molar-refractivity contribution in [1.82, 2.24) is 0 Å². The number of hydrogen-bond acceptors (Lipinski definition) is 2. The maximum absolute atomic E-state index is 5.51. The molecule has 0 saturated carbocycles. The van der Waals surface area contributed by atoms with Crippen LogP contribution in [0.2, 0.25) is 0 Å². The number of ether oxygens (including phenoxy) is 2. The molecule has 0 saturated heterocycles. The Labute approximate surface area is 72.1 Å². The quantitative estimate of drug-likeness (QED) is 0.584. The second-order valence-electron chi connectivity index (χ2n) is 3.39. The molecule has 63 valence electrons. The van der Waals surface area contributed by atoms with Crippen LogP contribution in [0.25, 0.3) is 0 Å². The maximum atomic E-state index is 5.51. The van der Waals surface area contributed by atoms with E-state index < -0.39 is 5.79 Å². The molecule has 0 spiro atoms. The molecule has 1 aliphatic rings. The highest BCUT2D eigenvalue weighted by molar-refractivity contribution is 5.46. The fourth-order valence-corrected chi connectivity index (χ4v) is 1.27. The van der Waals surface area contributed by atoms with Gasteiger partial charge in [-0.25, -0.2) is 0 Å². The number of rotatable bonds is 0. The average Bonchev–Trinajstić information content (AvgIpc) is 2.21. The fraction of sp³-hybridized carbons (Fsp3) is 0.300. The van der Waals surface area contributed by atoms with E-state index in [4.69, 9.17) is 9.47 Å². The summed E-state index contributed by atoms with van der Waals surface area (Å²) in [5, 5.41) is 0. The first-order chi connectivity index (χ1) is 5.57. The van der Waals surface area contributed by atoms with Gasteiger partial charge in [0.1, 0.15) is 0 Å². The van der Waals surface area contributed by atoms with Crippen molar-refractivity contribution in [3.8, 4) is 11.5 Å². The topological polar surface area (TPSA) is 18.5 Å². The smallest absolute Gasteiger partial charge is 0.246 e. The summed E-state index contributed by atoms with van der Waals surface area (Å²) in [4.78, 5) is 0. The zero-order chi connectivity index (χ0) is 8.77. The van der Waals surface area contributed by atoms with E-state index in [0.29, 0.717) is 0 Å². The van der Waals surface area contributed by atoms with Gasteiger partial charge in [0.2, 0.25) is 5.79 Å². The highest BCUT2D eigenvalue weighted by atomic mass is 16.7. The molecular formula is C10H11O2. The highest BCUT2D eigenvalue weighted by Crippen LogP contribution is 2.39. The lowest BCUT2D eigenvalue weighted by Crippen LogP contribution is -2.29. The van der Waals surface area contributed by atoms with E-state index in [0.717, 1.165) is 17.1 Å². The van der Waals surface area contributed by atoms with Crippen LogP contribution in [0.4, 0.5) is 0 Å². The molecule has 1 aliphatic heterocycles. The summed E-state index contributed by atoms with van der Waals surface area (Å²) < 4.78 is 11.0. The van der Waals surface area contributed by atoms with E-state index in [1.165, 1.54) is 0 Å². The molecule has 12 heavy (non-hydrogen) atoms. The van der Waals surface area contributed by atoms with E-state index in [1.54, 1.807) is 0 Å². The Kier molecular flexibility index (Phi) is 1.34. The first-order valence-corrected chi connectivity index (χ1v) is 3.91. The first-order valence-electron chi connectivity index (χ1n) is 3.91. The molecule has 0 atom stereocenters. The molecule has 0 aliphatic carbocycles. The predicted molar refractivity (Wildman–Crippen MR) is 46.2 cm³/mol. The summed E-state index contributed by atoms with van der Waals surface area (Å²) >= 11 is 0. The van der Waals surface area contributed by atoms with Crippen LogP contribution in [-0.4, -0.2) is 5.79 Å². The normalized spacial score (nSPS) is 17.9. The van der Waals surface area contributed by atoms with Gasteiger partial charge in [0.15, 0.2) is 11.5 Å². The summed E-state index contributed by atoms with van der Waals surface area (Å²) in [6.07, 6.45) is 0. The molecule has 0 amide bonds. The Bertz CT molecular complexity index is 316. The number of hydrogen-bond donors (Lipinski definition) is 0. The number of fused-ring (bicyclic) bond motifs is 1. The Balaban J connectivity index is 2.43. The van der Waals surface area contributed by atoms with Gasteiger partial charge >= 0.3 is 0 Å². The van der Waals surface area contributed by atoms with Crippen molar-refractivity contribution in [2.24, 2.45) is 0 Å². The monoisotopic (exact) mass is 163 g/mol. The molecule has 0 N–H and O–H groups in total. The molecular weight excluding hydrogens is 152 g/mol. The largest absolute Gasteiger partial charge is 0.449 e. The van der Waals surface area contributed by atoms with Crippen LogP contribution < -0.4 is 9.47 Å². The van der Waals surface area contributed by atoms with Crippen LogP contribution in [0, 0.1) is 6.92 Å². The number of benzene rings is 1. The molecule has 1 heterocycles. The van der Waals surface area contributed by atoms with Gasteiger partial charge in [0.25, 0.3) is 0 Å². The molecule has 0 fully saturated rings. The molecule has 0 bridgehead atoms. The lowest BCUT2D eigenvalue weighted by Gasteiger charge is -2.16. The van der Waals surface area contributed by atoms with Gasteiger partial charge in [-0.2, -0.15) is 0 Å². The minimum atomic E-state index is -0.532. The highest BCUT2D eigenvalue weighted by Gasteiger charge is 2.31. The van der Waals surface area contributed by atoms with E-state index in [-0.39, 0.29) is 0 Å². The van der Waals surface area contributed by atoms with Gasteiger partial charge in [-0.3, -0.25) is 0 Å². The zero-order valence-corrected chi connectivity index (χ0v) is 7.26. The van der Waals surface area contributed by atoms with E-state index in [2.05, 4.69) is 6.92 Å². The first kappa shape index (κ1) is 7.47. The molecule has 1 radical (unpaired) electrons. The third-order valence-corrected chi connectivity index (χ3v) is 1.72. The molecule has 0 unspecified atom stereocenters. The SMILES string of the molecule is [CH2]c1ccc2c(c1)OC(C)(C)O2. The van der Waals surface area contributed by atoms with Gasteiger partial charge in [-0.05, 0) is 24.6 Å². The molecule has 1 aromatic rings. The Morgan fingerprint density at radius 1 is 1.17 bits per heavy atom. The standard InChI is InChI=1S/C10H11O2/c1-7-4-5-8-9(6-7)12-10(2,3)11-8/h4-6H,1H2,2-3H3. The van der Waals surface area contributed by atoms with Crippen molar-refractivity contribution in [3.05, 3.63) is 30.7 Å². The van der Waals surface area contributed by atoms with Crippen LogP contribution in [-0.2, 0) is 0 Å². The Hall–Kier alpha value is -1.18. The predicted octanol–water partition coefficient (Wildman–Crippen LogP) is 2.38. The van der Waals surface area contributed by atoms with Gasteiger partial charge < -0.3 is 9.47 Å². The van der Waals surface area contributed by atoms with Crippen LogP contribution >= 0.6 is 0 Å². The average molecular weight is 163 g/mol. The Morgan fingerprint density at radius 3 is 2.58 bits per heavy atom. The van der Waals surface area contributed by atoms with Gasteiger partial charge in [-0.1, -0.05) is 6.07 Å². The third kappa shape index (κ3) is 1.13. The van der Waals surface area contributed by atoms with Gasteiger partial charge in [0.05, 0.1) is 0 Å². The lowest BCUT2D eigenvalue weighted by atomic mass is 10.2. The van der Waals surface area contributed by atoms with Crippen LogP contribution in [0.1, 0.15) is 19.4 Å². The summed E-state index contributed by atoms with van der Waals surface area (Å²) in [6.45, 7) is 7.58. The maximum Gasteiger partial charge on any atom is 0.246 e. The van der Waals surface area contributed by atoms with E-state index >= 15 is 0 Å². The van der Waals surface area contributed by atoms with Crippen molar-refractivity contribution >= 4 is 0 Å². The fourth-order valence-electron chi connectivity index (χ4n) is 1.27. The summed E-state index contributed by atoms with van der Waals surface area (Å²) in [6, 6.07) is 5.67. The van der Waals surface area contributed by atoms with Gasteiger partial charge in [0, 0.05) is 13.8 Å². The Morgan fingerprint density at radius 2 is 1.83 bits per heavy atom. The molecule has 1 aromatic carbocycles. The molecule has 2 nitrogen and oxygen atoms in total. The lowest BCUT2D eigenvalue weighted by molar-refractivity contribution is -0.0431. The molecule has 0 aromatic heterocycles. The second kappa shape index (κ2) is 2.16. The van der Waals surface area contributed by atoms with Crippen molar-refractivity contribution in [1.29, 1.82) is 0 Å². The summed E-state index contributed by atoms with van der Waals surface area (Å²) in [5.74, 6) is 1.05. The van der Waals surface area contributed by atoms with Gasteiger partial charge in [-0.15, -0.1) is 0 Å². The van der Waals surface area contributed by atoms with Crippen molar-refractivity contribution in [3.63, 3.8) is 0 Å². The van der Waals surface area contributed by atoms with Crippen molar-refractivity contribution in [2.45, 2.75) is 19.6 Å². The molecule has 2 rings (SSSR count). The minimum Gasteiger partial charge on any atom is -0.449 e. The minimum absolute atomic E-state index is 0.532. The second-order valence-corrected chi connectivity index (χ2v) is 3.39. The zero-order valence-electron chi connectivity index (χ0n) is 7.26. The van der Waals surface area contributed by atoms with Crippen LogP contribution in [0.3, 0.4) is 0 Å². The summed E-state index contributed by atoms with van der Waals surface area (Å²) in [7, 11) is 0. The summed E-state index contributed by atoms with van der Waals surface area (Å²) in [5.41, 5.74) is 0.940. The van der Waals surface area contributed by atoms with Crippen LogP contribution in [0.5, 0.6) is 11.5 Å². The third-order valence-electron chi connectivity index (χ3n) is 1.72. The van der Waals surface area contributed by atoms with Crippen molar-refractivity contribution in [2.75, 3.05) is 0 Å². The van der Waals surface area contributed by atoms with Crippen LogP contribution in [0.15, 0.2) is 18.2 Å².